The maximum Gasteiger partial charge on any atom is 0.356 e. The van der Waals surface area contributed by atoms with Gasteiger partial charge in [0.05, 0.1) is 5.52 Å². The number of carboxylic acid groups (broad SMARTS) is 1. The molecular weight excluding hydrogens is 228 g/mol. The van der Waals surface area contributed by atoms with Gasteiger partial charge in [-0.2, -0.15) is 5.10 Å². The molecule has 0 atom stereocenters. The van der Waals surface area contributed by atoms with E-state index in [4.69, 9.17) is 5.11 Å². The van der Waals surface area contributed by atoms with Crippen molar-refractivity contribution in [3.05, 3.63) is 60.4 Å². The van der Waals surface area contributed by atoms with Crippen LogP contribution < -0.4 is 0 Å². The summed E-state index contributed by atoms with van der Waals surface area (Å²) in [6.45, 7) is 0. The second-order valence-electron chi connectivity index (χ2n) is 3.95. The van der Waals surface area contributed by atoms with Crippen LogP contribution in [0.25, 0.3) is 16.6 Å². The lowest BCUT2D eigenvalue weighted by Crippen LogP contribution is -1.97. The molecule has 0 bridgehead atoms. The van der Waals surface area contributed by atoms with Crippen LogP contribution in [0, 0.1) is 0 Å². The van der Waals surface area contributed by atoms with Gasteiger partial charge in [0.1, 0.15) is 0 Å². The number of hydrogen-bond donors (Lipinski definition) is 1. The molecule has 1 aromatic carbocycles. The molecule has 0 aliphatic carbocycles. The van der Waals surface area contributed by atoms with E-state index in [1.807, 2.05) is 42.5 Å². The first-order valence-electron chi connectivity index (χ1n) is 5.53. The van der Waals surface area contributed by atoms with Crippen LogP contribution in [0.3, 0.4) is 0 Å². The van der Waals surface area contributed by atoms with Crippen LogP contribution in [0.15, 0.2) is 54.7 Å². The highest BCUT2D eigenvalue weighted by Crippen LogP contribution is 2.24. The van der Waals surface area contributed by atoms with Crippen molar-refractivity contribution in [2.45, 2.75) is 0 Å². The first kappa shape index (κ1) is 10.5. The quantitative estimate of drug-likeness (QED) is 0.746. The Bertz CT molecular complexity index is 717. The molecule has 0 saturated carbocycles. The zero-order valence-corrected chi connectivity index (χ0v) is 9.45. The van der Waals surface area contributed by atoms with Gasteiger partial charge >= 0.3 is 5.97 Å². The largest absolute Gasteiger partial charge is 0.476 e. The van der Waals surface area contributed by atoms with Crippen molar-refractivity contribution < 1.29 is 9.90 Å². The number of carbonyl (C=O) groups is 1. The highest BCUT2D eigenvalue weighted by molar-refractivity contribution is 5.90. The van der Waals surface area contributed by atoms with Crippen molar-refractivity contribution >= 4 is 11.5 Å². The van der Waals surface area contributed by atoms with Gasteiger partial charge in [-0.15, -0.1) is 0 Å². The molecule has 18 heavy (non-hydrogen) atoms. The summed E-state index contributed by atoms with van der Waals surface area (Å²) in [7, 11) is 0. The molecule has 3 aromatic rings. The molecule has 0 radical (unpaired) electrons. The van der Waals surface area contributed by atoms with E-state index < -0.39 is 5.97 Å². The number of nitrogens with zero attached hydrogens (tertiary/aromatic N) is 2. The minimum Gasteiger partial charge on any atom is -0.476 e. The Kier molecular flexibility index (Phi) is 2.34. The molecule has 3 rings (SSSR count). The van der Waals surface area contributed by atoms with Crippen LogP contribution in [0.1, 0.15) is 10.5 Å². The van der Waals surface area contributed by atoms with E-state index >= 15 is 0 Å². The molecule has 88 valence electrons. The number of aromatic nitrogens is 2. The third-order valence-electron chi connectivity index (χ3n) is 2.81. The number of benzene rings is 1. The standard InChI is InChI=1S/C14H10N2O2/c17-14(18)12-9-13-11(7-4-8-16(13)15-12)10-5-2-1-3-6-10/h1-9H,(H,17,18). The lowest BCUT2D eigenvalue weighted by molar-refractivity contribution is 0.0690. The number of pyridine rings is 1. The summed E-state index contributed by atoms with van der Waals surface area (Å²) in [5.41, 5.74) is 2.86. The summed E-state index contributed by atoms with van der Waals surface area (Å²) < 4.78 is 1.59. The molecule has 2 heterocycles. The normalized spacial score (nSPS) is 10.7. The average molecular weight is 238 g/mol. The van der Waals surface area contributed by atoms with Gasteiger partial charge in [-0.1, -0.05) is 36.4 Å². The molecule has 1 N–H and O–H groups in total. The minimum absolute atomic E-state index is 0.0541. The lowest BCUT2D eigenvalue weighted by atomic mass is 10.1. The summed E-state index contributed by atoms with van der Waals surface area (Å²) in [5, 5.41) is 13.0. The van der Waals surface area contributed by atoms with Gasteiger partial charge in [-0.3, -0.25) is 0 Å². The van der Waals surface area contributed by atoms with Gasteiger partial charge in [0.25, 0.3) is 0 Å². The second kappa shape index (κ2) is 4.00. The Labute approximate surface area is 103 Å². The second-order valence-corrected chi connectivity index (χ2v) is 3.95. The molecule has 2 aromatic heterocycles. The summed E-state index contributed by atoms with van der Waals surface area (Å²) in [4.78, 5) is 10.9. The lowest BCUT2D eigenvalue weighted by Gasteiger charge is -2.03. The van der Waals surface area contributed by atoms with Crippen LogP contribution in [0.4, 0.5) is 0 Å². The van der Waals surface area contributed by atoms with Crippen molar-refractivity contribution in [2.24, 2.45) is 0 Å². The molecule has 4 heteroatoms. The minimum atomic E-state index is -1.02. The smallest absolute Gasteiger partial charge is 0.356 e. The average Bonchev–Trinajstić information content (AvgIpc) is 2.83. The van der Waals surface area contributed by atoms with Crippen LogP contribution in [-0.2, 0) is 0 Å². The maximum atomic E-state index is 10.9. The SMILES string of the molecule is O=C(O)c1cc2c(-c3ccccc3)cccn2n1. The fraction of sp³-hybridized carbons (Fsp3) is 0. The fourth-order valence-corrected chi connectivity index (χ4v) is 1.98. The topological polar surface area (TPSA) is 54.6 Å². The van der Waals surface area contributed by atoms with Crippen molar-refractivity contribution in [1.29, 1.82) is 0 Å². The number of carboxylic acids is 1. The molecule has 0 unspecified atom stereocenters. The van der Waals surface area contributed by atoms with Crippen LogP contribution in [-0.4, -0.2) is 20.7 Å². The van der Waals surface area contributed by atoms with E-state index in [-0.39, 0.29) is 5.69 Å². The van der Waals surface area contributed by atoms with E-state index in [0.717, 1.165) is 16.6 Å². The monoisotopic (exact) mass is 238 g/mol. The van der Waals surface area contributed by atoms with Crippen molar-refractivity contribution in [3.63, 3.8) is 0 Å². The van der Waals surface area contributed by atoms with Gasteiger partial charge in [0.15, 0.2) is 5.69 Å². The molecule has 0 fully saturated rings. The molecule has 0 aliphatic heterocycles. The Morgan fingerprint density at radius 3 is 2.61 bits per heavy atom. The Balaban J connectivity index is 2.27. The summed E-state index contributed by atoms with van der Waals surface area (Å²) in [6, 6.07) is 15.2. The third-order valence-corrected chi connectivity index (χ3v) is 2.81. The summed E-state index contributed by atoms with van der Waals surface area (Å²) in [5.74, 6) is -1.02. The number of fused-ring (bicyclic) bond motifs is 1. The van der Waals surface area contributed by atoms with E-state index in [9.17, 15) is 4.79 Å². The molecule has 0 amide bonds. The zero-order valence-electron chi connectivity index (χ0n) is 9.45. The van der Waals surface area contributed by atoms with Crippen molar-refractivity contribution in [3.8, 4) is 11.1 Å². The fourth-order valence-electron chi connectivity index (χ4n) is 1.98. The zero-order chi connectivity index (χ0) is 12.5. The third kappa shape index (κ3) is 1.64. The number of aromatic carboxylic acids is 1. The highest BCUT2D eigenvalue weighted by atomic mass is 16.4. The van der Waals surface area contributed by atoms with Gasteiger partial charge in [0, 0.05) is 11.8 Å². The summed E-state index contributed by atoms with van der Waals surface area (Å²) >= 11 is 0. The molecule has 0 aliphatic rings. The van der Waals surface area contributed by atoms with E-state index in [1.54, 1.807) is 16.8 Å². The van der Waals surface area contributed by atoms with Gasteiger partial charge < -0.3 is 5.11 Å². The molecular formula is C14H10N2O2. The van der Waals surface area contributed by atoms with Crippen LogP contribution in [0.2, 0.25) is 0 Å². The number of hydrogen-bond acceptors (Lipinski definition) is 2. The highest BCUT2D eigenvalue weighted by Gasteiger charge is 2.11. The van der Waals surface area contributed by atoms with Crippen LogP contribution in [0.5, 0.6) is 0 Å². The first-order valence-corrected chi connectivity index (χ1v) is 5.53. The molecule has 0 saturated heterocycles. The molecule has 0 spiro atoms. The summed E-state index contributed by atoms with van der Waals surface area (Å²) in [6.07, 6.45) is 1.74. The Hall–Kier alpha value is -2.62. The Morgan fingerprint density at radius 2 is 1.89 bits per heavy atom. The van der Waals surface area contributed by atoms with E-state index in [0.29, 0.717) is 0 Å². The van der Waals surface area contributed by atoms with Gasteiger partial charge in [0.2, 0.25) is 0 Å². The van der Waals surface area contributed by atoms with Gasteiger partial charge in [-0.25, -0.2) is 9.31 Å². The van der Waals surface area contributed by atoms with Crippen LogP contribution >= 0.6 is 0 Å². The predicted molar refractivity (Wildman–Crippen MR) is 67.6 cm³/mol. The number of rotatable bonds is 2. The maximum absolute atomic E-state index is 10.9. The van der Waals surface area contributed by atoms with E-state index in [2.05, 4.69) is 5.10 Å². The predicted octanol–water partition coefficient (Wildman–Crippen LogP) is 2.70. The van der Waals surface area contributed by atoms with Gasteiger partial charge in [-0.05, 0) is 17.7 Å². The molecule has 4 nitrogen and oxygen atoms in total. The Morgan fingerprint density at radius 1 is 1.11 bits per heavy atom. The van der Waals surface area contributed by atoms with Crippen molar-refractivity contribution in [1.82, 2.24) is 9.61 Å². The van der Waals surface area contributed by atoms with Crippen molar-refractivity contribution in [2.75, 3.05) is 0 Å². The first-order chi connectivity index (χ1) is 8.75. The van der Waals surface area contributed by atoms with E-state index in [1.165, 1.54) is 0 Å².